The van der Waals surface area contributed by atoms with Crippen molar-refractivity contribution in [3.05, 3.63) is 17.5 Å². The molecule has 0 bridgehead atoms. The Kier molecular flexibility index (Phi) is 4.90. The smallest absolute Gasteiger partial charge is 0.269 e. The van der Waals surface area contributed by atoms with Gasteiger partial charge in [-0.25, -0.2) is 0 Å². The van der Waals surface area contributed by atoms with Gasteiger partial charge in [0, 0.05) is 13.6 Å². The molecule has 0 saturated carbocycles. The number of carbonyl (C=O) groups is 1. The highest BCUT2D eigenvalue weighted by Crippen LogP contribution is 2.11. The van der Waals surface area contributed by atoms with Crippen LogP contribution in [0.15, 0.2) is 6.07 Å². The number of nitrogens with zero attached hydrogens (tertiary/aromatic N) is 2. The Morgan fingerprint density at radius 2 is 2.22 bits per heavy atom. The van der Waals surface area contributed by atoms with Crippen LogP contribution in [0, 0.1) is 0 Å². The first kappa shape index (κ1) is 14.7. The van der Waals surface area contributed by atoms with Crippen LogP contribution in [0.2, 0.25) is 0 Å². The summed E-state index contributed by atoms with van der Waals surface area (Å²) in [5.41, 5.74) is 0.568. The molecular formula is C13H23N3O2. The van der Waals surface area contributed by atoms with Gasteiger partial charge < -0.3 is 10.4 Å². The number of aliphatic hydroxyl groups is 1. The molecule has 1 atom stereocenters. The third-order valence-corrected chi connectivity index (χ3v) is 2.94. The maximum Gasteiger partial charge on any atom is 0.269 e. The maximum absolute atomic E-state index is 12.0. The Bertz CT molecular complexity index is 410. The van der Waals surface area contributed by atoms with E-state index in [0.717, 1.165) is 18.5 Å². The van der Waals surface area contributed by atoms with E-state index in [0.29, 0.717) is 12.1 Å². The third kappa shape index (κ3) is 3.84. The molecular weight excluding hydrogens is 230 g/mol. The molecule has 0 aliphatic heterocycles. The standard InChI is InChI=1S/C13H23N3O2/c1-5-7-13(3,18)9-14-12(17)11-8-10(6-2)15-16(11)4/h8,18H,5-7,9H2,1-4H3,(H,14,17). The summed E-state index contributed by atoms with van der Waals surface area (Å²) in [4.78, 5) is 12.0. The van der Waals surface area contributed by atoms with Crippen molar-refractivity contribution in [2.75, 3.05) is 6.54 Å². The van der Waals surface area contributed by atoms with Gasteiger partial charge in [-0.3, -0.25) is 9.48 Å². The molecule has 1 unspecified atom stereocenters. The van der Waals surface area contributed by atoms with Gasteiger partial charge in [0.15, 0.2) is 0 Å². The summed E-state index contributed by atoms with van der Waals surface area (Å²) in [7, 11) is 1.75. The van der Waals surface area contributed by atoms with Crippen LogP contribution in [0.1, 0.15) is 49.8 Å². The fourth-order valence-electron chi connectivity index (χ4n) is 1.90. The van der Waals surface area contributed by atoms with E-state index in [-0.39, 0.29) is 12.5 Å². The molecule has 1 amide bonds. The van der Waals surface area contributed by atoms with Crippen LogP contribution in [0.5, 0.6) is 0 Å². The molecule has 1 aromatic heterocycles. The van der Waals surface area contributed by atoms with E-state index in [2.05, 4.69) is 10.4 Å². The van der Waals surface area contributed by atoms with Crippen molar-refractivity contribution in [1.29, 1.82) is 0 Å². The first-order valence-electron chi connectivity index (χ1n) is 6.43. The number of rotatable bonds is 6. The van der Waals surface area contributed by atoms with Crippen LogP contribution >= 0.6 is 0 Å². The molecule has 0 aromatic carbocycles. The van der Waals surface area contributed by atoms with Crippen LogP contribution in [-0.4, -0.2) is 32.9 Å². The molecule has 0 saturated heterocycles. The molecule has 102 valence electrons. The van der Waals surface area contributed by atoms with Gasteiger partial charge in [-0.2, -0.15) is 5.10 Å². The minimum atomic E-state index is -0.851. The molecule has 5 heteroatoms. The van der Waals surface area contributed by atoms with Crippen molar-refractivity contribution >= 4 is 5.91 Å². The van der Waals surface area contributed by atoms with Gasteiger partial charge in [-0.15, -0.1) is 0 Å². The molecule has 1 aromatic rings. The van der Waals surface area contributed by atoms with E-state index in [1.54, 1.807) is 24.7 Å². The number of aromatic nitrogens is 2. The zero-order chi connectivity index (χ0) is 13.8. The van der Waals surface area contributed by atoms with Gasteiger partial charge in [0.2, 0.25) is 0 Å². The van der Waals surface area contributed by atoms with Crippen LogP contribution in [0.3, 0.4) is 0 Å². The van der Waals surface area contributed by atoms with Crippen LogP contribution < -0.4 is 5.32 Å². The van der Waals surface area contributed by atoms with E-state index in [1.165, 1.54) is 0 Å². The first-order valence-corrected chi connectivity index (χ1v) is 6.43. The minimum absolute atomic E-state index is 0.193. The third-order valence-electron chi connectivity index (χ3n) is 2.94. The Hall–Kier alpha value is -1.36. The topological polar surface area (TPSA) is 67.2 Å². The number of hydrogen-bond donors (Lipinski definition) is 2. The maximum atomic E-state index is 12.0. The number of carbonyl (C=O) groups excluding carboxylic acids is 1. The lowest BCUT2D eigenvalue weighted by Gasteiger charge is -2.22. The molecule has 0 radical (unpaired) electrons. The average molecular weight is 253 g/mol. The predicted octanol–water partition coefficient (Wildman–Crippen LogP) is 1.26. The zero-order valence-electron chi connectivity index (χ0n) is 11.7. The Balaban J connectivity index is 2.62. The molecule has 0 fully saturated rings. The Labute approximate surface area is 108 Å². The lowest BCUT2D eigenvalue weighted by Crippen LogP contribution is -2.41. The predicted molar refractivity (Wildman–Crippen MR) is 70.5 cm³/mol. The molecule has 18 heavy (non-hydrogen) atoms. The fourth-order valence-corrected chi connectivity index (χ4v) is 1.90. The van der Waals surface area contributed by atoms with Crippen LogP contribution in [0.25, 0.3) is 0 Å². The lowest BCUT2D eigenvalue weighted by atomic mass is 10.0. The van der Waals surface area contributed by atoms with Crippen molar-refractivity contribution in [3.63, 3.8) is 0 Å². The lowest BCUT2D eigenvalue weighted by molar-refractivity contribution is 0.0467. The van der Waals surface area contributed by atoms with Crippen molar-refractivity contribution in [3.8, 4) is 0 Å². The molecule has 1 heterocycles. The number of nitrogens with one attached hydrogen (secondary N) is 1. The SMILES string of the molecule is CCCC(C)(O)CNC(=O)c1cc(CC)nn1C. The Morgan fingerprint density at radius 1 is 1.56 bits per heavy atom. The average Bonchev–Trinajstić information content (AvgIpc) is 2.68. The summed E-state index contributed by atoms with van der Waals surface area (Å²) < 4.78 is 1.57. The monoisotopic (exact) mass is 253 g/mol. The molecule has 2 N–H and O–H groups in total. The number of hydrogen-bond acceptors (Lipinski definition) is 3. The minimum Gasteiger partial charge on any atom is -0.388 e. The molecule has 0 spiro atoms. The molecule has 0 aliphatic rings. The van der Waals surface area contributed by atoms with Crippen LogP contribution in [-0.2, 0) is 13.5 Å². The summed E-state index contributed by atoms with van der Waals surface area (Å²) in [5.74, 6) is -0.193. The van der Waals surface area contributed by atoms with E-state index >= 15 is 0 Å². The first-order chi connectivity index (χ1) is 8.39. The summed E-state index contributed by atoms with van der Waals surface area (Å²) in [6.45, 7) is 5.99. The highest BCUT2D eigenvalue weighted by Gasteiger charge is 2.21. The van der Waals surface area contributed by atoms with Crippen molar-refractivity contribution < 1.29 is 9.90 Å². The summed E-state index contributed by atoms with van der Waals surface area (Å²) >= 11 is 0. The quantitative estimate of drug-likeness (QED) is 0.802. The van der Waals surface area contributed by atoms with Crippen molar-refractivity contribution in [1.82, 2.24) is 15.1 Å². The largest absolute Gasteiger partial charge is 0.388 e. The van der Waals surface area contributed by atoms with Crippen molar-refractivity contribution in [2.24, 2.45) is 7.05 Å². The van der Waals surface area contributed by atoms with E-state index in [9.17, 15) is 9.90 Å². The van der Waals surface area contributed by atoms with E-state index in [1.807, 2.05) is 13.8 Å². The van der Waals surface area contributed by atoms with E-state index in [4.69, 9.17) is 0 Å². The van der Waals surface area contributed by atoms with E-state index < -0.39 is 5.60 Å². The van der Waals surface area contributed by atoms with Crippen molar-refractivity contribution in [2.45, 2.75) is 45.6 Å². The molecule has 5 nitrogen and oxygen atoms in total. The molecule has 0 aliphatic carbocycles. The zero-order valence-corrected chi connectivity index (χ0v) is 11.7. The van der Waals surface area contributed by atoms with Gasteiger partial charge in [0.05, 0.1) is 11.3 Å². The number of amides is 1. The van der Waals surface area contributed by atoms with Crippen LogP contribution in [0.4, 0.5) is 0 Å². The summed E-state index contributed by atoms with van der Waals surface area (Å²) in [6, 6.07) is 1.78. The van der Waals surface area contributed by atoms with Gasteiger partial charge >= 0.3 is 0 Å². The number of aryl methyl sites for hydroxylation is 2. The highest BCUT2D eigenvalue weighted by atomic mass is 16.3. The normalized spacial score (nSPS) is 14.3. The van der Waals surface area contributed by atoms with Gasteiger partial charge in [0.1, 0.15) is 5.69 Å². The van der Waals surface area contributed by atoms with Gasteiger partial charge in [-0.1, -0.05) is 20.3 Å². The summed E-state index contributed by atoms with van der Waals surface area (Å²) in [6.07, 6.45) is 2.35. The Morgan fingerprint density at radius 3 is 2.72 bits per heavy atom. The second-order valence-electron chi connectivity index (χ2n) is 4.93. The summed E-state index contributed by atoms with van der Waals surface area (Å²) in [5, 5.41) is 17.0. The van der Waals surface area contributed by atoms with Gasteiger partial charge in [-0.05, 0) is 25.8 Å². The highest BCUT2D eigenvalue weighted by molar-refractivity contribution is 5.92. The fraction of sp³-hybridized carbons (Fsp3) is 0.692. The second kappa shape index (κ2) is 6.00. The van der Waals surface area contributed by atoms with Gasteiger partial charge in [0.25, 0.3) is 5.91 Å². The second-order valence-corrected chi connectivity index (χ2v) is 4.93. The molecule has 1 rings (SSSR count).